The maximum absolute atomic E-state index is 6.11. The lowest BCUT2D eigenvalue weighted by molar-refractivity contribution is -0.0913. The van der Waals surface area contributed by atoms with Gasteiger partial charge in [-0.1, -0.05) is 13.8 Å². The molecule has 2 N–H and O–H groups in total. The normalized spacial score (nSPS) is 30.9. The predicted octanol–water partition coefficient (Wildman–Crippen LogP) is 2.39. The van der Waals surface area contributed by atoms with E-state index in [2.05, 4.69) is 39.6 Å². The highest BCUT2D eigenvalue weighted by molar-refractivity contribution is 4.99. The first kappa shape index (κ1) is 14.9. The molecule has 1 aliphatic heterocycles. The molecule has 3 nitrogen and oxygen atoms in total. The van der Waals surface area contributed by atoms with E-state index in [0.717, 1.165) is 38.8 Å². The van der Waals surface area contributed by atoms with Gasteiger partial charge in [0.05, 0.1) is 6.10 Å². The second kappa shape index (κ2) is 5.68. The van der Waals surface area contributed by atoms with Crippen LogP contribution in [0.15, 0.2) is 0 Å². The van der Waals surface area contributed by atoms with Gasteiger partial charge in [-0.3, -0.25) is 4.90 Å². The van der Waals surface area contributed by atoms with Gasteiger partial charge < -0.3 is 10.5 Å². The Hall–Kier alpha value is -0.120. The van der Waals surface area contributed by atoms with Gasteiger partial charge in [0, 0.05) is 24.2 Å². The molecule has 0 saturated carbocycles. The van der Waals surface area contributed by atoms with E-state index in [1.54, 1.807) is 0 Å². The monoisotopic (exact) mass is 242 g/mol. The Kier molecular flexibility index (Phi) is 4.99. The van der Waals surface area contributed by atoms with Crippen LogP contribution in [0.1, 0.15) is 53.4 Å². The third-order valence-corrected chi connectivity index (χ3v) is 4.85. The molecule has 0 aromatic rings. The van der Waals surface area contributed by atoms with Crippen molar-refractivity contribution in [3.63, 3.8) is 0 Å². The molecular weight excluding hydrogens is 212 g/mol. The van der Waals surface area contributed by atoms with Crippen LogP contribution in [0.5, 0.6) is 0 Å². The fraction of sp³-hybridized carbons (Fsp3) is 1.00. The largest absolute Gasteiger partial charge is 0.378 e. The van der Waals surface area contributed by atoms with Crippen molar-refractivity contribution in [1.82, 2.24) is 4.90 Å². The van der Waals surface area contributed by atoms with Gasteiger partial charge in [-0.2, -0.15) is 0 Å². The van der Waals surface area contributed by atoms with E-state index < -0.39 is 0 Å². The minimum atomic E-state index is 0.123. The van der Waals surface area contributed by atoms with E-state index in [4.69, 9.17) is 10.5 Å². The topological polar surface area (TPSA) is 38.5 Å². The summed E-state index contributed by atoms with van der Waals surface area (Å²) in [5, 5.41) is 0. The average Bonchev–Trinajstić information content (AvgIpc) is 2.37. The zero-order valence-corrected chi connectivity index (χ0v) is 12.3. The van der Waals surface area contributed by atoms with Crippen LogP contribution >= 0.6 is 0 Å². The molecule has 1 rings (SSSR count). The summed E-state index contributed by atoms with van der Waals surface area (Å²) in [7, 11) is 2.23. The molecule has 2 unspecified atom stereocenters. The Labute approximate surface area is 107 Å². The first-order chi connectivity index (χ1) is 7.91. The Morgan fingerprint density at radius 1 is 1.41 bits per heavy atom. The fourth-order valence-corrected chi connectivity index (χ4v) is 2.77. The number of rotatable bonds is 5. The third kappa shape index (κ3) is 3.01. The molecule has 1 saturated heterocycles. The van der Waals surface area contributed by atoms with Crippen LogP contribution < -0.4 is 5.73 Å². The smallest absolute Gasteiger partial charge is 0.0590 e. The summed E-state index contributed by atoms with van der Waals surface area (Å²) in [6.45, 7) is 10.6. The summed E-state index contributed by atoms with van der Waals surface area (Å²) >= 11 is 0. The number of likely N-dealkylation sites (N-methyl/N-ethyl adjacent to an activating group) is 1. The molecule has 0 amide bonds. The molecule has 0 aromatic carbocycles. The van der Waals surface area contributed by atoms with Crippen LogP contribution in [0, 0.1) is 0 Å². The highest BCUT2D eigenvalue weighted by Crippen LogP contribution is 2.35. The Bertz CT molecular complexity index is 242. The molecule has 2 atom stereocenters. The van der Waals surface area contributed by atoms with Crippen molar-refractivity contribution in [3.05, 3.63) is 0 Å². The lowest BCUT2D eigenvalue weighted by Crippen LogP contribution is -2.62. The minimum absolute atomic E-state index is 0.123. The fourth-order valence-electron chi connectivity index (χ4n) is 2.77. The molecule has 1 aliphatic rings. The first-order valence-corrected chi connectivity index (χ1v) is 6.97. The van der Waals surface area contributed by atoms with Gasteiger partial charge in [0.15, 0.2) is 0 Å². The van der Waals surface area contributed by atoms with Gasteiger partial charge in [0.25, 0.3) is 0 Å². The van der Waals surface area contributed by atoms with Gasteiger partial charge >= 0.3 is 0 Å². The summed E-state index contributed by atoms with van der Waals surface area (Å²) in [5.74, 6) is 0. The zero-order valence-electron chi connectivity index (χ0n) is 12.3. The van der Waals surface area contributed by atoms with Crippen molar-refractivity contribution in [3.8, 4) is 0 Å². The van der Waals surface area contributed by atoms with Gasteiger partial charge in [0.2, 0.25) is 0 Å². The number of hydrogen-bond acceptors (Lipinski definition) is 3. The summed E-state index contributed by atoms with van der Waals surface area (Å²) in [6, 6.07) is 0. The lowest BCUT2D eigenvalue weighted by atomic mass is 9.80. The van der Waals surface area contributed by atoms with Gasteiger partial charge in [-0.25, -0.2) is 0 Å². The molecule has 0 spiro atoms. The first-order valence-electron chi connectivity index (χ1n) is 6.97. The maximum atomic E-state index is 6.11. The van der Waals surface area contributed by atoms with E-state index >= 15 is 0 Å². The maximum Gasteiger partial charge on any atom is 0.0590 e. The molecule has 102 valence electrons. The lowest BCUT2D eigenvalue weighted by Gasteiger charge is -2.52. The van der Waals surface area contributed by atoms with Crippen LogP contribution in [0.25, 0.3) is 0 Å². The third-order valence-electron chi connectivity index (χ3n) is 4.85. The Balaban J connectivity index is 2.87. The highest BCUT2D eigenvalue weighted by Gasteiger charge is 2.43. The van der Waals surface area contributed by atoms with Crippen molar-refractivity contribution >= 4 is 0 Å². The van der Waals surface area contributed by atoms with E-state index in [1.165, 1.54) is 0 Å². The van der Waals surface area contributed by atoms with E-state index in [1.807, 2.05) is 0 Å². The predicted molar refractivity (Wildman–Crippen MR) is 73.2 cm³/mol. The summed E-state index contributed by atoms with van der Waals surface area (Å²) in [5.41, 5.74) is 6.44. The second-order valence-electron chi connectivity index (χ2n) is 6.01. The second-order valence-corrected chi connectivity index (χ2v) is 6.01. The van der Waals surface area contributed by atoms with E-state index in [9.17, 15) is 0 Å². The van der Waals surface area contributed by atoms with Crippen LogP contribution in [0.3, 0.4) is 0 Å². The molecule has 0 aromatic heterocycles. The van der Waals surface area contributed by atoms with Crippen LogP contribution in [-0.2, 0) is 4.74 Å². The van der Waals surface area contributed by atoms with Gasteiger partial charge in [-0.15, -0.1) is 0 Å². The summed E-state index contributed by atoms with van der Waals surface area (Å²) in [6.07, 6.45) is 4.73. The zero-order chi connectivity index (χ0) is 13.1. The minimum Gasteiger partial charge on any atom is -0.378 e. The average molecular weight is 242 g/mol. The van der Waals surface area contributed by atoms with Gasteiger partial charge in [-0.05, 0) is 46.6 Å². The number of hydrogen-bond donors (Lipinski definition) is 1. The molecule has 17 heavy (non-hydrogen) atoms. The molecular formula is C14H30N2O. The number of nitrogens with zero attached hydrogens (tertiary/aromatic N) is 1. The highest BCUT2D eigenvalue weighted by atomic mass is 16.5. The quantitative estimate of drug-likeness (QED) is 0.804. The molecule has 0 aliphatic carbocycles. The SMILES string of the molecule is CCC1CC(CN)(N(C)C(C)(C)CC)CCO1. The summed E-state index contributed by atoms with van der Waals surface area (Å²) < 4.78 is 5.80. The number of nitrogens with two attached hydrogens (primary N) is 1. The molecule has 0 bridgehead atoms. The van der Waals surface area contributed by atoms with Crippen LogP contribution in [-0.4, -0.2) is 42.3 Å². The number of ether oxygens (including phenoxy) is 1. The van der Waals surface area contributed by atoms with Crippen molar-refractivity contribution in [2.75, 3.05) is 20.2 Å². The molecule has 3 heteroatoms. The van der Waals surface area contributed by atoms with E-state index in [-0.39, 0.29) is 11.1 Å². The van der Waals surface area contributed by atoms with Crippen molar-refractivity contribution < 1.29 is 4.74 Å². The van der Waals surface area contributed by atoms with Crippen LogP contribution in [0.2, 0.25) is 0 Å². The molecule has 0 radical (unpaired) electrons. The van der Waals surface area contributed by atoms with Crippen molar-refractivity contribution in [2.24, 2.45) is 5.73 Å². The van der Waals surface area contributed by atoms with Crippen molar-refractivity contribution in [1.29, 1.82) is 0 Å². The van der Waals surface area contributed by atoms with Crippen LogP contribution in [0.4, 0.5) is 0 Å². The van der Waals surface area contributed by atoms with E-state index in [0.29, 0.717) is 6.10 Å². The Morgan fingerprint density at radius 2 is 2.06 bits per heavy atom. The molecule has 1 fully saturated rings. The summed E-state index contributed by atoms with van der Waals surface area (Å²) in [4.78, 5) is 2.51. The van der Waals surface area contributed by atoms with Crippen molar-refractivity contribution in [2.45, 2.75) is 70.6 Å². The molecule has 1 heterocycles. The Morgan fingerprint density at radius 3 is 2.53 bits per heavy atom. The standard InChI is InChI=1S/C14H30N2O/c1-6-12-10-14(11-15,8-9-17-12)16(5)13(3,4)7-2/h12H,6-11,15H2,1-5H3. The van der Waals surface area contributed by atoms with Gasteiger partial charge in [0.1, 0.15) is 0 Å².